The Balaban J connectivity index is 2.08. The summed E-state index contributed by atoms with van der Waals surface area (Å²) in [6, 6.07) is 5.72. The van der Waals surface area contributed by atoms with Crippen molar-refractivity contribution in [2.75, 3.05) is 0 Å². The predicted octanol–water partition coefficient (Wildman–Crippen LogP) is 2.31. The second-order valence-corrected chi connectivity index (χ2v) is 3.74. The summed E-state index contributed by atoms with van der Waals surface area (Å²) in [4.78, 5) is 4.17. The third-order valence-electron chi connectivity index (χ3n) is 2.84. The summed E-state index contributed by atoms with van der Waals surface area (Å²) in [5, 5.41) is 9.96. The van der Waals surface area contributed by atoms with E-state index in [1.54, 1.807) is 6.20 Å². The molecule has 0 bridgehead atoms. The van der Waals surface area contributed by atoms with Gasteiger partial charge in [-0.15, -0.1) is 0 Å². The zero-order chi connectivity index (χ0) is 9.10. The molecule has 1 saturated carbocycles. The van der Waals surface area contributed by atoms with E-state index in [1.807, 2.05) is 18.2 Å². The van der Waals surface area contributed by atoms with Crippen molar-refractivity contribution in [2.24, 2.45) is 5.92 Å². The lowest BCUT2D eigenvalue weighted by molar-refractivity contribution is 0.107. The maximum atomic E-state index is 9.96. The summed E-state index contributed by atoms with van der Waals surface area (Å²) in [5.74, 6) is 0.440. The zero-order valence-corrected chi connectivity index (χ0v) is 7.69. The molecular weight excluding hydrogens is 162 g/mol. The van der Waals surface area contributed by atoms with Gasteiger partial charge in [0.05, 0.1) is 11.8 Å². The molecule has 0 aromatic carbocycles. The lowest BCUT2D eigenvalue weighted by Crippen LogP contribution is -2.10. The first-order valence-electron chi connectivity index (χ1n) is 4.97. The quantitative estimate of drug-likeness (QED) is 0.752. The molecule has 1 aromatic heterocycles. The number of pyridine rings is 1. The van der Waals surface area contributed by atoms with Crippen molar-refractivity contribution in [1.29, 1.82) is 0 Å². The SMILES string of the molecule is OC(c1ccccn1)C1CCCC1. The van der Waals surface area contributed by atoms with Gasteiger partial charge >= 0.3 is 0 Å². The third-order valence-corrected chi connectivity index (χ3v) is 2.84. The van der Waals surface area contributed by atoms with Crippen molar-refractivity contribution in [3.05, 3.63) is 30.1 Å². The van der Waals surface area contributed by atoms with Gasteiger partial charge in [0.25, 0.3) is 0 Å². The highest BCUT2D eigenvalue weighted by molar-refractivity contribution is 5.07. The van der Waals surface area contributed by atoms with E-state index in [-0.39, 0.29) is 6.10 Å². The number of aromatic nitrogens is 1. The maximum absolute atomic E-state index is 9.96. The zero-order valence-electron chi connectivity index (χ0n) is 7.69. The molecule has 2 heteroatoms. The van der Waals surface area contributed by atoms with Gasteiger partial charge in [-0.05, 0) is 30.9 Å². The minimum absolute atomic E-state index is 0.344. The molecule has 0 saturated heterocycles. The second-order valence-electron chi connectivity index (χ2n) is 3.74. The number of aliphatic hydroxyl groups is 1. The fourth-order valence-electron chi connectivity index (χ4n) is 2.07. The van der Waals surface area contributed by atoms with Crippen LogP contribution in [0, 0.1) is 5.92 Å². The lowest BCUT2D eigenvalue weighted by Gasteiger charge is -2.16. The van der Waals surface area contributed by atoms with E-state index < -0.39 is 0 Å². The standard InChI is InChI=1S/C11H15NO/c13-11(9-5-1-2-6-9)10-7-3-4-8-12-10/h3-4,7-9,11,13H,1-2,5-6H2. The highest BCUT2D eigenvalue weighted by Crippen LogP contribution is 2.34. The van der Waals surface area contributed by atoms with Crippen LogP contribution >= 0.6 is 0 Å². The minimum atomic E-state index is -0.344. The van der Waals surface area contributed by atoms with Gasteiger partial charge in [-0.2, -0.15) is 0 Å². The molecule has 1 aliphatic carbocycles. The molecule has 0 amide bonds. The molecular formula is C11H15NO. The van der Waals surface area contributed by atoms with E-state index in [4.69, 9.17) is 0 Å². The summed E-state index contributed by atoms with van der Waals surface area (Å²) in [5.41, 5.74) is 0.828. The fraction of sp³-hybridized carbons (Fsp3) is 0.545. The van der Waals surface area contributed by atoms with Crippen LogP contribution in [0.25, 0.3) is 0 Å². The van der Waals surface area contributed by atoms with Crippen molar-refractivity contribution in [3.63, 3.8) is 0 Å². The topological polar surface area (TPSA) is 33.1 Å². The third kappa shape index (κ3) is 1.89. The molecule has 1 atom stereocenters. The molecule has 2 rings (SSSR count). The summed E-state index contributed by atoms with van der Waals surface area (Å²) in [6.45, 7) is 0. The van der Waals surface area contributed by atoms with E-state index in [9.17, 15) is 5.11 Å². The van der Waals surface area contributed by atoms with Gasteiger partial charge in [0, 0.05) is 6.20 Å². The van der Waals surface area contributed by atoms with Gasteiger partial charge in [-0.3, -0.25) is 4.98 Å². The highest BCUT2D eigenvalue weighted by atomic mass is 16.3. The Morgan fingerprint density at radius 2 is 2.08 bits per heavy atom. The summed E-state index contributed by atoms with van der Waals surface area (Å²) >= 11 is 0. The lowest BCUT2D eigenvalue weighted by atomic mass is 9.98. The average molecular weight is 177 g/mol. The molecule has 1 fully saturated rings. The van der Waals surface area contributed by atoms with Gasteiger partial charge in [0.15, 0.2) is 0 Å². The van der Waals surface area contributed by atoms with Crippen molar-refractivity contribution >= 4 is 0 Å². The summed E-state index contributed by atoms with van der Waals surface area (Å²) in [7, 11) is 0. The van der Waals surface area contributed by atoms with Crippen LogP contribution < -0.4 is 0 Å². The molecule has 1 heterocycles. The van der Waals surface area contributed by atoms with Crippen LogP contribution in [0.1, 0.15) is 37.5 Å². The van der Waals surface area contributed by atoms with Crippen molar-refractivity contribution in [1.82, 2.24) is 4.98 Å². The molecule has 0 radical (unpaired) electrons. The summed E-state index contributed by atoms with van der Waals surface area (Å²) in [6.07, 6.45) is 6.22. The molecule has 1 aliphatic rings. The van der Waals surface area contributed by atoms with Gasteiger partial charge in [-0.1, -0.05) is 18.9 Å². The molecule has 1 N–H and O–H groups in total. The highest BCUT2D eigenvalue weighted by Gasteiger charge is 2.24. The molecule has 2 nitrogen and oxygen atoms in total. The molecule has 13 heavy (non-hydrogen) atoms. The first kappa shape index (κ1) is 8.70. The molecule has 1 unspecified atom stereocenters. The van der Waals surface area contributed by atoms with Gasteiger partial charge in [0.2, 0.25) is 0 Å². The van der Waals surface area contributed by atoms with Crippen molar-refractivity contribution in [3.8, 4) is 0 Å². The van der Waals surface area contributed by atoms with Crippen LogP contribution in [0.15, 0.2) is 24.4 Å². The molecule has 0 spiro atoms. The first-order valence-corrected chi connectivity index (χ1v) is 4.97. The van der Waals surface area contributed by atoms with Crippen molar-refractivity contribution < 1.29 is 5.11 Å². The van der Waals surface area contributed by atoms with E-state index in [1.165, 1.54) is 12.8 Å². The van der Waals surface area contributed by atoms with E-state index in [0.717, 1.165) is 18.5 Å². The van der Waals surface area contributed by atoms with Crippen LogP contribution in [0.4, 0.5) is 0 Å². The van der Waals surface area contributed by atoms with Gasteiger partial charge in [-0.25, -0.2) is 0 Å². The number of hydrogen-bond acceptors (Lipinski definition) is 2. The van der Waals surface area contributed by atoms with Gasteiger partial charge < -0.3 is 5.11 Å². The number of aliphatic hydroxyl groups excluding tert-OH is 1. The van der Waals surface area contributed by atoms with E-state index in [0.29, 0.717) is 5.92 Å². The molecule has 1 aromatic rings. The van der Waals surface area contributed by atoms with Crippen molar-refractivity contribution in [2.45, 2.75) is 31.8 Å². The normalized spacial score (nSPS) is 20.4. The molecule has 70 valence electrons. The predicted molar refractivity (Wildman–Crippen MR) is 51.2 cm³/mol. The van der Waals surface area contributed by atoms with E-state index in [2.05, 4.69) is 4.98 Å². The monoisotopic (exact) mass is 177 g/mol. The number of rotatable bonds is 2. The largest absolute Gasteiger partial charge is 0.387 e. The summed E-state index contributed by atoms with van der Waals surface area (Å²) < 4.78 is 0. The van der Waals surface area contributed by atoms with Crippen LogP contribution in [0.2, 0.25) is 0 Å². The van der Waals surface area contributed by atoms with E-state index >= 15 is 0 Å². The average Bonchev–Trinajstić information content (AvgIpc) is 2.71. The Morgan fingerprint density at radius 3 is 2.69 bits per heavy atom. The Bertz CT molecular complexity index is 254. The Kier molecular flexibility index (Phi) is 2.60. The van der Waals surface area contributed by atoms with Crippen LogP contribution in [0.3, 0.4) is 0 Å². The number of nitrogens with zero attached hydrogens (tertiary/aromatic N) is 1. The van der Waals surface area contributed by atoms with Crippen LogP contribution in [-0.2, 0) is 0 Å². The van der Waals surface area contributed by atoms with Gasteiger partial charge in [0.1, 0.15) is 0 Å². The smallest absolute Gasteiger partial charge is 0.0987 e. The minimum Gasteiger partial charge on any atom is -0.387 e. The fourth-order valence-corrected chi connectivity index (χ4v) is 2.07. The Labute approximate surface area is 78.6 Å². The second kappa shape index (κ2) is 3.88. The first-order chi connectivity index (χ1) is 6.38. The Hall–Kier alpha value is -0.890. The molecule has 0 aliphatic heterocycles. The van der Waals surface area contributed by atoms with Crippen LogP contribution in [-0.4, -0.2) is 10.1 Å². The number of hydrogen-bond donors (Lipinski definition) is 1. The maximum Gasteiger partial charge on any atom is 0.0987 e. The van der Waals surface area contributed by atoms with Crippen LogP contribution in [0.5, 0.6) is 0 Å². The Morgan fingerprint density at radius 1 is 1.31 bits per heavy atom.